The number of ether oxygens (including phenoxy) is 1. The van der Waals surface area contributed by atoms with Crippen LogP contribution in [0.4, 0.5) is 10.5 Å². The van der Waals surface area contributed by atoms with Crippen LogP contribution in [0.3, 0.4) is 0 Å². The molecule has 0 aromatic heterocycles. The van der Waals surface area contributed by atoms with Crippen LogP contribution in [0.1, 0.15) is 37.8 Å². The van der Waals surface area contributed by atoms with Gasteiger partial charge in [-0.05, 0) is 43.9 Å². The second kappa shape index (κ2) is 11.1. The molecular formula is C27H35N5O4. The number of carbonyl (C=O) groups is 3. The Balaban J connectivity index is 1.36. The summed E-state index contributed by atoms with van der Waals surface area (Å²) in [6.07, 6.45) is 1.32. The van der Waals surface area contributed by atoms with E-state index >= 15 is 0 Å². The number of nitrogens with zero attached hydrogens (tertiary/aromatic N) is 2. The first-order chi connectivity index (χ1) is 17.2. The highest BCUT2D eigenvalue weighted by Crippen LogP contribution is 2.27. The molecule has 4 amide bonds. The minimum atomic E-state index is -1.12. The van der Waals surface area contributed by atoms with Gasteiger partial charge in [-0.2, -0.15) is 0 Å². The summed E-state index contributed by atoms with van der Waals surface area (Å²) in [4.78, 5) is 42.3. The molecule has 9 heteroatoms. The summed E-state index contributed by atoms with van der Waals surface area (Å²) in [7, 11) is 0. The molecule has 4 rings (SSSR count). The van der Waals surface area contributed by atoms with Crippen LogP contribution in [0.5, 0.6) is 0 Å². The Bertz CT molecular complexity index is 1080. The first kappa shape index (κ1) is 25.7. The van der Waals surface area contributed by atoms with E-state index in [1.165, 1.54) is 0 Å². The molecule has 0 bridgehead atoms. The van der Waals surface area contributed by atoms with Gasteiger partial charge in [-0.1, -0.05) is 48.5 Å². The van der Waals surface area contributed by atoms with E-state index in [2.05, 4.69) is 10.6 Å². The molecule has 192 valence electrons. The van der Waals surface area contributed by atoms with Gasteiger partial charge in [-0.25, -0.2) is 4.79 Å². The fraction of sp³-hybridized carbons (Fsp3) is 0.444. The number of rotatable bonds is 8. The molecule has 0 unspecified atom stereocenters. The number of likely N-dealkylation sites (tertiary alicyclic amines) is 1. The number of hydrogen-bond donors (Lipinski definition) is 3. The van der Waals surface area contributed by atoms with Gasteiger partial charge >= 0.3 is 6.03 Å². The Morgan fingerprint density at radius 3 is 2.47 bits per heavy atom. The SMILES string of the molecule is CC(C)(N)C(=O)N[C@H](COCc1ccccc1)C(=O)N1CCC(N2Cc3ccccc3NC2=O)CC1. The van der Waals surface area contributed by atoms with Crippen molar-refractivity contribution >= 4 is 23.5 Å². The van der Waals surface area contributed by atoms with E-state index < -0.39 is 17.5 Å². The summed E-state index contributed by atoms with van der Waals surface area (Å²) < 4.78 is 5.81. The number of urea groups is 1. The lowest BCUT2D eigenvalue weighted by Crippen LogP contribution is -2.59. The molecule has 0 saturated carbocycles. The average molecular weight is 494 g/mol. The fourth-order valence-corrected chi connectivity index (χ4v) is 4.52. The zero-order chi connectivity index (χ0) is 25.7. The highest BCUT2D eigenvalue weighted by Gasteiger charge is 2.35. The number of anilines is 1. The highest BCUT2D eigenvalue weighted by atomic mass is 16.5. The third-order valence-corrected chi connectivity index (χ3v) is 6.66. The van der Waals surface area contributed by atoms with Crippen LogP contribution in [-0.4, -0.2) is 65.0 Å². The number of nitrogens with two attached hydrogens (primary N) is 1. The molecule has 2 aliphatic rings. The van der Waals surface area contributed by atoms with Gasteiger partial charge in [0.05, 0.1) is 18.8 Å². The van der Waals surface area contributed by atoms with Gasteiger partial charge in [0.15, 0.2) is 0 Å². The number of piperidine rings is 1. The molecule has 36 heavy (non-hydrogen) atoms. The van der Waals surface area contributed by atoms with E-state index in [4.69, 9.17) is 10.5 Å². The largest absolute Gasteiger partial charge is 0.374 e. The Morgan fingerprint density at radius 1 is 1.11 bits per heavy atom. The van der Waals surface area contributed by atoms with E-state index in [9.17, 15) is 14.4 Å². The van der Waals surface area contributed by atoms with Crippen molar-refractivity contribution in [3.05, 3.63) is 65.7 Å². The van der Waals surface area contributed by atoms with Crippen LogP contribution in [-0.2, 0) is 27.5 Å². The molecule has 2 aromatic carbocycles. The Hall–Kier alpha value is -3.43. The summed E-state index contributed by atoms with van der Waals surface area (Å²) in [5.41, 5.74) is 7.74. The molecule has 2 aliphatic heterocycles. The van der Waals surface area contributed by atoms with Gasteiger partial charge in [0.1, 0.15) is 6.04 Å². The molecule has 1 saturated heterocycles. The van der Waals surface area contributed by atoms with Crippen LogP contribution in [0.15, 0.2) is 54.6 Å². The van der Waals surface area contributed by atoms with Crippen LogP contribution in [0.25, 0.3) is 0 Å². The minimum absolute atomic E-state index is 0.0350. The van der Waals surface area contributed by atoms with Gasteiger partial charge < -0.3 is 30.9 Å². The van der Waals surface area contributed by atoms with E-state index in [0.717, 1.165) is 16.8 Å². The summed E-state index contributed by atoms with van der Waals surface area (Å²) >= 11 is 0. The van der Waals surface area contributed by atoms with Crippen molar-refractivity contribution in [2.45, 2.75) is 57.5 Å². The number of benzene rings is 2. The maximum Gasteiger partial charge on any atom is 0.322 e. The van der Waals surface area contributed by atoms with E-state index in [-0.39, 0.29) is 24.6 Å². The third kappa shape index (κ3) is 6.22. The van der Waals surface area contributed by atoms with Crippen LogP contribution in [0.2, 0.25) is 0 Å². The Kier molecular flexibility index (Phi) is 7.91. The molecule has 9 nitrogen and oxygen atoms in total. The second-order valence-electron chi connectivity index (χ2n) is 10.0. The number of nitrogens with one attached hydrogen (secondary N) is 2. The molecule has 2 aromatic rings. The number of amides is 4. The van der Waals surface area contributed by atoms with Gasteiger partial charge in [0, 0.05) is 31.4 Å². The summed E-state index contributed by atoms with van der Waals surface area (Å²) in [5, 5.41) is 5.74. The lowest BCUT2D eigenvalue weighted by atomic mass is 10.00. The number of fused-ring (bicyclic) bond motifs is 1. The lowest BCUT2D eigenvalue weighted by molar-refractivity contribution is -0.140. The summed E-state index contributed by atoms with van der Waals surface area (Å²) in [5.74, 6) is -0.616. The number of para-hydroxylation sites is 1. The summed E-state index contributed by atoms with van der Waals surface area (Å²) in [6.45, 7) is 5.11. The molecular weight excluding hydrogens is 458 g/mol. The zero-order valence-electron chi connectivity index (χ0n) is 20.9. The molecule has 0 aliphatic carbocycles. The predicted octanol–water partition coefficient (Wildman–Crippen LogP) is 2.46. The first-order valence-electron chi connectivity index (χ1n) is 12.4. The van der Waals surface area contributed by atoms with Crippen molar-refractivity contribution < 1.29 is 19.1 Å². The second-order valence-corrected chi connectivity index (χ2v) is 10.0. The maximum absolute atomic E-state index is 13.4. The van der Waals surface area contributed by atoms with Gasteiger partial charge in [-0.3, -0.25) is 9.59 Å². The smallest absolute Gasteiger partial charge is 0.322 e. The van der Waals surface area contributed by atoms with E-state index in [0.29, 0.717) is 39.1 Å². The highest BCUT2D eigenvalue weighted by molar-refractivity contribution is 5.93. The molecule has 0 radical (unpaired) electrons. The monoisotopic (exact) mass is 493 g/mol. The number of carbonyl (C=O) groups excluding carboxylic acids is 3. The Labute approximate surface area is 212 Å². The third-order valence-electron chi connectivity index (χ3n) is 6.66. The topological polar surface area (TPSA) is 117 Å². The fourth-order valence-electron chi connectivity index (χ4n) is 4.52. The molecule has 0 spiro atoms. The summed E-state index contributed by atoms with van der Waals surface area (Å²) in [6, 6.07) is 16.5. The standard InChI is InChI=1S/C27H35N5O4/c1-27(2,28)25(34)29-23(18-36-17-19-8-4-3-5-9-19)24(33)31-14-12-21(13-15-31)32-16-20-10-6-7-11-22(20)30-26(32)35/h3-11,21,23H,12-18,28H2,1-2H3,(H,29,34)(H,30,35)/t23-/m1/s1. The van der Waals surface area contributed by atoms with Gasteiger partial charge in [0.2, 0.25) is 11.8 Å². The van der Waals surface area contributed by atoms with Crippen molar-refractivity contribution in [2.24, 2.45) is 5.73 Å². The normalized spacial score (nSPS) is 17.2. The quantitative estimate of drug-likeness (QED) is 0.522. The van der Waals surface area contributed by atoms with Gasteiger partial charge in [0.25, 0.3) is 0 Å². The predicted molar refractivity (Wildman–Crippen MR) is 137 cm³/mol. The van der Waals surface area contributed by atoms with Crippen molar-refractivity contribution in [3.8, 4) is 0 Å². The van der Waals surface area contributed by atoms with Crippen molar-refractivity contribution in [1.82, 2.24) is 15.1 Å². The average Bonchev–Trinajstić information content (AvgIpc) is 2.87. The minimum Gasteiger partial charge on any atom is -0.374 e. The molecule has 4 N–H and O–H groups in total. The zero-order valence-corrected chi connectivity index (χ0v) is 20.9. The van der Waals surface area contributed by atoms with Gasteiger partial charge in [-0.15, -0.1) is 0 Å². The van der Waals surface area contributed by atoms with Crippen molar-refractivity contribution in [2.75, 3.05) is 25.0 Å². The van der Waals surface area contributed by atoms with Crippen LogP contribution >= 0.6 is 0 Å². The van der Waals surface area contributed by atoms with E-state index in [1.54, 1.807) is 18.7 Å². The molecule has 1 atom stereocenters. The molecule has 2 heterocycles. The Morgan fingerprint density at radius 2 is 1.78 bits per heavy atom. The lowest BCUT2D eigenvalue weighted by Gasteiger charge is -2.41. The maximum atomic E-state index is 13.4. The van der Waals surface area contributed by atoms with Crippen molar-refractivity contribution in [1.29, 1.82) is 0 Å². The number of hydrogen-bond acceptors (Lipinski definition) is 5. The van der Waals surface area contributed by atoms with Crippen LogP contribution in [0, 0.1) is 0 Å². The molecule has 1 fully saturated rings. The van der Waals surface area contributed by atoms with Crippen LogP contribution < -0.4 is 16.4 Å². The van der Waals surface area contributed by atoms with E-state index in [1.807, 2.05) is 59.5 Å². The first-order valence-corrected chi connectivity index (χ1v) is 12.4. The van der Waals surface area contributed by atoms with Crippen molar-refractivity contribution in [3.63, 3.8) is 0 Å².